The summed E-state index contributed by atoms with van der Waals surface area (Å²) in [7, 11) is 0. The van der Waals surface area contributed by atoms with Crippen LogP contribution in [0, 0.1) is 0 Å². The maximum absolute atomic E-state index is 4.40. The first-order chi connectivity index (χ1) is 8.54. The molecule has 0 aromatic carbocycles. The van der Waals surface area contributed by atoms with Crippen LogP contribution in [0.5, 0.6) is 0 Å². The fourth-order valence-corrected chi connectivity index (χ4v) is 1.58. The van der Waals surface area contributed by atoms with Gasteiger partial charge in [-0.2, -0.15) is 0 Å². The summed E-state index contributed by atoms with van der Waals surface area (Å²) in [6.45, 7) is 8.17. The van der Waals surface area contributed by atoms with Gasteiger partial charge < -0.3 is 10.6 Å². The van der Waals surface area contributed by atoms with Gasteiger partial charge >= 0.3 is 0 Å². The second kappa shape index (κ2) is 5.27. The number of nitrogens with one attached hydrogen (secondary N) is 2. The van der Waals surface area contributed by atoms with Crippen molar-refractivity contribution >= 4 is 17.0 Å². The molecule has 0 aliphatic rings. The van der Waals surface area contributed by atoms with E-state index >= 15 is 0 Å². The van der Waals surface area contributed by atoms with E-state index in [0.717, 1.165) is 24.4 Å². The van der Waals surface area contributed by atoms with Crippen molar-refractivity contribution in [3.05, 3.63) is 24.5 Å². The van der Waals surface area contributed by atoms with E-state index in [0.29, 0.717) is 5.65 Å². The van der Waals surface area contributed by atoms with Crippen molar-refractivity contribution in [3.8, 4) is 0 Å². The molecule has 0 bridgehead atoms. The van der Waals surface area contributed by atoms with Crippen molar-refractivity contribution in [2.75, 3.05) is 18.4 Å². The number of rotatable bonds is 4. The fraction of sp³-hybridized carbons (Fsp3) is 0.462. The first-order valence-corrected chi connectivity index (χ1v) is 6.11. The van der Waals surface area contributed by atoms with Gasteiger partial charge in [0.25, 0.3) is 0 Å². The number of nitrogens with zero attached hydrogens (tertiary/aromatic N) is 3. The van der Waals surface area contributed by atoms with Crippen molar-refractivity contribution in [1.29, 1.82) is 0 Å². The molecule has 0 saturated carbocycles. The molecule has 0 saturated heterocycles. The lowest BCUT2D eigenvalue weighted by Gasteiger charge is -2.20. The maximum Gasteiger partial charge on any atom is 0.180 e. The molecule has 0 amide bonds. The standard InChI is InChI=1S/C13H19N5/c1-13(2,3)17-9-8-15-11-5-4-10-12(18-11)16-7-6-14-10/h4-7,17H,8-9H2,1-3H3,(H,15,16,18). The Morgan fingerprint density at radius 3 is 2.61 bits per heavy atom. The lowest BCUT2D eigenvalue weighted by molar-refractivity contribution is 0.435. The van der Waals surface area contributed by atoms with Crippen LogP contribution >= 0.6 is 0 Å². The molecule has 96 valence electrons. The third kappa shape index (κ3) is 3.63. The Morgan fingerprint density at radius 1 is 1.06 bits per heavy atom. The molecular weight excluding hydrogens is 226 g/mol. The van der Waals surface area contributed by atoms with Crippen molar-refractivity contribution in [3.63, 3.8) is 0 Å². The molecule has 0 unspecified atom stereocenters. The molecule has 5 heteroatoms. The minimum absolute atomic E-state index is 0.143. The quantitative estimate of drug-likeness (QED) is 0.805. The summed E-state index contributed by atoms with van der Waals surface area (Å²) in [4.78, 5) is 12.8. The molecule has 2 heterocycles. The molecule has 2 rings (SSSR count). The van der Waals surface area contributed by atoms with E-state index in [1.54, 1.807) is 12.4 Å². The zero-order valence-corrected chi connectivity index (χ0v) is 11.1. The average molecular weight is 245 g/mol. The highest BCUT2D eigenvalue weighted by atomic mass is 15.0. The van der Waals surface area contributed by atoms with Gasteiger partial charge in [0.2, 0.25) is 0 Å². The summed E-state index contributed by atoms with van der Waals surface area (Å²) < 4.78 is 0. The number of hydrogen-bond donors (Lipinski definition) is 2. The summed E-state index contributed by atoms with van der Waals surface area (Å²) in [5, 5.41) is 6.68. The van der Waals surface area contributed by atoms with Gasteiger partial charge in [0, 0.05) is 31.0 Å². The van der Waals surface area contributed by atoms with Crippen LogP contribution in [0.2, 0.25) is 0 Å². The molecule has 2 N–H and O–H groups in total. The molecule has 0 aliphatic carbocycles. The summed E-state index contributed by atoms with van der Waals surface area (Å²) in [5.74, 6) is 0.832. The zero-order valence-electron chi connectivity index (χ0n) is 11.1. The van der Waals surface area contributed by atoms with Crippen LogP contribution in [0.4, 0.5) is 5.82 Å². The molecule has 0 atom stereocenters. The zero-order chi connectivity index (χ0) is 13.0. The Balaban J connectivity index is 1.92. The SMILES string of the molecule is CC(C)(C)NCCNc1ccc2nccnc2n1. The largest absolute Gasteiger partial charge is 0.369 e. The van der Waals surface area contributed by atoms with Crippen LogP contribution in [0.1, 0.15) is 20.8 Å². The molecule has 0 spiro atoms. The van der Waals surface area contributed by atoms with E-state index in [1.165, 1.54) is 0 Å². The van der Waals surface area contributed by atoms with Crippen molar-refractivity contribution in [1.82, 2.24) is 20.3 Å². The number of anilines is 1. The minimum Gasteiger partial charge on any atom is -0.369 e. The predicted octanol–water partition coefficient (Wildman–Crippen LogP) is 1.82. The second-order valence-corrected chi connectivity index (χ2v) is 5.20. The summed E-state index contributed by atoms with van der Waals surface area (Å²) in [6.07, 6.45) is 3.32. The highest BCUT2D eigenvalue weighted by Gasteiger charge is 2.07. The molecule has 0 fully saturated rings. The predicted molar refractivity (Wildman–Crippen MR) is 73.6 cm³/mol. The van der Waals surface area contributed by atoms with Gasteiger partial charge in [-0.3, -0.25) is 4.98 Å². The van der Waals surface area contributed by atoms with E-state index in [2.05, 4.69) is 46.4 Å². The highest BCUT2D eigenvalue weighted by Crippen LogP contribution is 2.09. The third-order valence-corrected chi connectivity index (χ3v) is 2.42. The molecule has 18 heavy (non-hydrogen) atoms. The van der Waals surface area contributed by atoms with E-state index in [-0.39, 0.29) is 5.54 Å². The van der Waals surface area contributed by atoms with Crippen LogP contribution < -0.4 is 10.6 Å². The van der Waals surface area contributed by atoms with E-state index in [4.69, 9.17) is 0 Å². The van der Waals surface area contributed by atoms with Gasteiger partial charge in [0.1, 0.15) is 11.3 Å². The van der Waals surface area contributed by atoms with Gasteiger partial charge in [-0.15, -0.1) is 0 Å². The third-order valence-electron chi connectivity index (χ3n) is 2.42. The van der Waals surface area contributed by atoms with E-state index in [9.17, 15) is 0 Å². The van der Waals surface area contributed by atoms with Gasteiger partial charge in [-0.1, -0.05) is 0 Å². The second-order valence-electron chi connectivity index (χ2n) is 5.20. The van der Waals surface area contributed by atoms with Gasteiger partial charge in [0.05, 0.1) is 0 Å². The van der Waals surface area contributed by atoms with Crippen molar-refractivity contribution in [2.45, 2.75) is 26.3 Å². The number of hydrogen-bond acceptors (Lipinski definition) is 5. The lowest BCUT2D eigenvalue weighted by Crippen LogP contribution is -2.38. The lowest BCUT2D eigenvalue weighted by atomic mass is 10.1. The number of fused-ring (bicyclic) bond motifs is 1. The van der Waals surface area contributed by atoms with Gasteiger partial charge in [-0.05, 0) is 32.9 Å². The molecule has 2 aromatic rings. The number of pyridine rings is 1. The van der Waals surface area contributed by atoms with Crippen LogP contribution in [0.15, 0.2) is 24.5 Å². The smallest absolute Gasteiger partial charge is 0.180 e. The minimum atomic E-state index is 0.143. The van der Waals surface area contributed by atoms with E-state index in [1.807, 2.05) is 12.1 Å². The van der Waals surface area contributed by atoms with Crippen LogP contribution in [-0.2, 0) is 0 Å². The highest BCUT2D eigenvalue weighted by molar-refractivity contribution is 5.71. The van der Waals surface area contributed by atoms with E-state index < -0.39 is 0 Å². The van der Waals surface area contributed by atoms with Crippen LogP contribution in [0.25, 0.3) is 11.2 Å². The Labute approximate surface area is 107 Å². The topological polar surface area (TPSA) is 62.7 Å². The first kappa shape index (κ1) is 12.7. The maximum atomic E-state index is 4.40. The molecule has 5 nitrogen and oxygen atoms in total. The van der Waals surface area contributed by atoms with Crippen molar-refractivity contribution in [2.24, 2.45) is 0 Å². The van der Waals surface area contributed by atoms with Crippen LogP contribution in [-0.4, -0.2) is 33.6 Å². The number of aromatic nitrogens is 3. The Morgan fingerprint density at radius 2 is 1.83 bits per heavy atom. The normalized spacial score (nSPS) is 11.7. The Bertz CT molecular complexity index is 518. The van der Waals surface area contributed by atoms with Gasteiger partial charge in [0.15, 0.2) is 5.65 Å². The van der Waals surface area contributed by atoms with Crippen LogP contribution in [0.3, 0.4) is 0 Å². The average Bonchev–Trinajstić information content (AvgIpc) is 2.33. The molecule has 2 aromatic heterocycles. The molecule has 0 radical (unpaired) electrons. The first-order valence-electron chi connectivity index (χ1n) is 6.11. The molecular formula is C13H19N5. The Kier molecular flexibility index (Phi) is 3.72. The summed E-state index contributed by atoms with van der Waals surface area (Å²) >= 11 is 0. The summed E-state index contributed by atoms with van der Waals surface area (Å²) in [5.41, 5.74) is 1.63. The molecule has 0 aliphatic heterocycles. The van der Waals surface area contributed by atoms with Crippen molar-refractivity contribution < 1.29 is 0 Å². The van der Waals surface area contributed by atoms with Gasteiger partial charge in [-0.25, -0.2) is 9.97 Å². The summed E-state index contributed by atoms with van der Waals surface area (Å²) in [6, 6.07) is 3.85. The Hall–Kier alpha value is -1.75. The fourth-order valence-electron chi connectivity index (χ4n) is 1.58. The monoisotopic (exact) mass is 245 g/mol.